The molecule has 0 aliphatic rings. The van der Waals surface area contributed by atoms with Crippen molar-refractivity contribution in [2.45, 2.75) is 65.2 Å². The van der Waals surface area contributed by atoms with E-state index in [2.05, 4.69) is 27.0 Å². The van der Waals surface area contributed by atoms with Gasteiger partial charge in [0.15, 0.2) is 0 Å². The van der Waals surface area contributed by atoms with Crippen LogP contribution in [-0.2, 0) is 0 Å². The first-order valence-electron chi connectivity index (χ1n) is 6.05. The van der Waals surface area contributed by atoms with E-state index in [1.807, 2.05) is 12.2 Å². The van der Waals surface area contributed by atoms with E-state index >= 15 is 0 Å². The largest absolute Gasteiger partial charge is 0.103 e. The molecule has 0 spiro atoms. The third-order valence-corrected chi connectivity index (χ3v) is 2.03. The van der Waals surface area contributed by atoms with Crippen LogP contribution in [0.5, 0.6) is 0 Å². The smallest absolute Gasteiger partial charge is 0.0319 e. The third kappa shape index (κ3) is 22.5. The van der Waals surface area contributed by atoms with Gasteiger partial charge in [-0.3, -0.25) is 0 Å². The van der Waals surface area contributed by atoms with Crippen molar-refractivity contribution in [2.75, 3.05) is 0 Å². The molecule has 0 unspecified atom stereocenters. The van der Waals surface area contributed by atoms with Crippen LogP contribution in [0.3, 0.4) is 0 Å². The lowest BCUT2D eigenvalue weighted by atomic mass is 10.1. The van der Waals surface area contributed by atoms with Crippen molar-refractivity contribution >= 4 is 0 Å². The number of rotatable bonds is 8. The fraction of sp³-hybridized carbons (Fsp3) is 0.714. The zero-order valence-corrected chi connectivity index (χ0v) is 10.2. The molecule has 0 aromatic rings. The van der Waals surface area contributed by atoms with Crippen LogP contribution in [-0.4, -0.2) is 0 Å². The molecule has 0 aromatic carbocycles. The van der Waals surface area contributed by atoms with E-state index in [-0.39, 0.29) is 0 Å². The molecule has 0 atom stereocenters. The molecular weight excluding hydrogens is 168 g/mol. The van der Waals surface area contributed by atoms with Gasteiger partial charge in [0, 0.05) is 0 Å². The molecule has 0 heteroatoms. The first-order valence-corrected chi connectivity index (χ1v) is 6.05. The fourth-order valence-electron chi connectivity index (χ4n) is 1.09. The summed E-state index contributed by atoms with van der Waals surface area (Å²) in [5.74, 6) is 0. The summed E-state index contributed by atoms with van der Waals surface area (Å²) in [5, 5.41) is 0. The minimum atomic E-state index is 1.06. The first-order chi connectivity index (χ1) is 6.83. The minimum absolute atomic E-state index is 1.06. The van der Waals surface area contributed by atoms with Gasteiger partial charge in [-0.2, -0.15) is 0 Å². The van der Waals surface area contributed by atoms with E-state index < -0.39 is 0 Å². The van der Waals surface area contributed by atoms with Crippen molar-refractivity contribution < 1.29 is 0 Å². The van der Waals surface area contributed by atoms with Gasteiger partial charge in [0.05, 0.1) is 0 Å². The van der Waals surface area contributed by atoms with E-state index in [0.29, 0.717) is 0 Å². The second-order valence-electron chi connectivity index (χ2n) is 3.57. The summed E-state index contributed by atoms with van der Waals surface area (Å²) >= 11 is 0. The van der Waals surface area contributed by atoms with E-state index in [4.69, 9.17) is 0 Å². The summed E-state index contributed by atoms with van der Waals surface area (Å²) in [6.45, 7) is 11.6. The number of allylic oxidation sites excluding steroid dienone is 2. The molecule has 0 aliphatic heterocycles. The molecule has 0 rings (SSSR count). The summed E-state index contributed by atoms with van der Waals surface area (Å²) in [7, 11) is 0. The summed E-state index contributed by atoms with van der Waals surface area (Å²) in [6, 6.07) is 0. The van der Waals surface area contributed by atoms with Crippen LogP contribution in [0.1, 0.15) is 65.2 Å². The second kappa shape index (κ2) is 18.3. The van der Waals surface area contributed by atoms with Gasteiger partial charge in [0.2, 0.25) is 0 Å². The quantitative estimate of drug-likeness (QED) is 0.355. The molecule has 0 saturated carbocycles. The Hall–Kier alpha value is -0.520. The maximum absolute atomic E-state index is 3.55. The second-order valence-corrected chi connectivity index (χ2v) is 3.57. The number of unbranched alkanes of at least 4 members (excludes halogenated alkanes) is 6. The Morgan fingerprint density at radius 2 is 1.07 bits per heavy atom. The standard InChI is InChI=1S/C8H18.C6H10/c1-3-5-7-8-6-4-2;1-3-5-6-4-2/h3-8H2,1-2H3;3-4H,1-2,5-6H2. The lowest BCUT2D eigenvalue weighted by molar-refractivity contribution is 0.624. The van der Waals surface area contributed by atoms with Crippen LogP contribution >= 0.6 is 0 Å². The summed E-state index contributed by atoms with van der Waals surface area (Å²) in [5.41, 5.74) is 0. The normalized spacial score (nSPS) is 8.71. The van der Waals surface area contributed by atoms with Gasteiger partial charge in [-0.15, -0.1) is 13.2 Å². The highest BCUT2D eigenvalue weighted by atomic mass is 13.9. The Morgan fingerprint density at radius 3 is 1.29 bits per heavy atom. The molecule has 0 radical (unpaired) electrons. The maximum Gasteiger partial charge on any atom is -0.0319 e. The molecule has 14 heavy (non-hydrogen) atoms. The van der Waals surface area contributed by atoms with E-state index in [9.17, 15) is 0 Å². The van der Waals surface area contributed by atoms with Crippen LogP contribution in [0.2, 0.25) is 0 Å². The van der Waals surface area contributed by atoms with E-state index in [1.165, 1.54) is 38.5 Å². The SMILES string of the molecule is C=CCCC=C.CCCCCCCC. The Balaban J connectivity index is 0. The monoisotopic (exact) mass is 196 g/mol. The zero-order valence-electron chi connectivity index (χ0n) is 10.2. The average molecular weight is 196 g/mol. The molecule has 0 fully saturated rings. The van der Waals surface area contributed by atoms with Crippen molar-refractivity contribution in [3.05, 3.63) is 25.3 Å². The fourth-order valence-corrected chi connectivity index (χ4v) is 1.09. The molecular formula is C14H28. The molecule has 0 aliphatic carbocycles. The van der Waals surface area contributed by atoms with Crippen LogP contribution in [0.15, 0.2) is 25.3 Å². The van der Waals surface area contributed by atoms with Crippen LogP contribution < -0.4 is 0 Å². The van der Waals surface area contributed by atoms with Crippen LogP contribution in [0.25, 0.3) is 0 Å². The molecule has 84 valence electrons. The molecule has 0 heterocycles. The van der Waals surface area contributed by atoms with Crippen molar-refractivity contribution in [3.8, 4) is 0 Å². The zero-order chi connectivity index (χ0) is 11.1. The first kappa shape index (κ1) is 15.9. The van der Waals surface area contributed by atoms with E-state index in [1.54, 1.807) is 0 Å². The van der Waals surface area contributed by atoms with Gasteiger partial charge in [0.25, 0.3) is 0 Å². The van der Waals surface area contributed by atoms with Crippen molar-refractivity contribution in [1.82, 2.24) is 0 Å². The molecule has 0 saturated heterocycles. The van der Waals surface area contributed by atoms with Gasteiger partial charge in [-0.25, -0.2) is 0 Å². The number of hydrogen-bond donors (Lipinski definition) is 0. The Labute approximate surface area is 91.1 Å². The van der Waals surface area contributed by atoms with Crippen LogP contribution in [0, 0.1) is 0 Å². The Kier molecular flexibility index (Phi) is 20.8. The van der Waals surface area contributed by atoms with Gasteiger partial charge < -0.3 is 0 Å². The molecule has 0 N–H and O–H groups in total. The van der Waals surface area contributed by atoms with Gasteiger partial charge in [0.1, 0.15) is 0 Å². The highest BCUT2D eigenvalue weighted by Gasteiger charge is 1.83. The predicted octanol–water partition coefficient (Wildman–Crippen LogP) is 5.51. The van der Waals surface area contributed by atoms with Gasteiger partial charge in [-0.05, 0) is 12.8 Å². The van der Waals surface area contributed by atoms with Gasteiger partial charge >= 0.3 is 0 Å². The van der Waals surface area contributed by atoms with E-state index in [0.717, 1.165) is 12.8 Å². The van der Waals surface area contributed by atoms with Crippen molar-refractivity contribution in [3.63, 3.8) is 0 Å². The Bertz CT molecular complexity index is 88.6. The van der Waals surface area contributed by atoms with Crippen molar-refractivity contribution in [1.29, 1.82) is 0 Å². The Morgan fingerprint density at radius 1 is 0.714 bits per heavy atom. The predicted molar refractivity (Wildman–Crippen MR) is 68.7 cm³/mol. The summed E-state index contributed by atoms with van der Waals surface area (Å²) in [6.07, 6.45) is 14.4. The third-order valence-electron chi connectivity index (χ3n) is 2.03. The highest BCUT2D eigenvalue weighted by molar-refractivity contribution is 4.74. The molecule has 0 aromatic heterocycles. The average Bonchev–Trinajstić information content (AvgIpc) is 2.22. The lowest BCUT2D eigenvalue weighted by Gasteiger charge is -1.93. The summed E-state index contributed by atoms with van der Waals surface area (Å²) in [4.78, 5) is 0. The molecule has 0 amide bonds. The minimum Gasteiger partial charge on any atom is -0.103 e. The highest BCUT2D eigenvalue weighted by Crippen LogP contribution is 2.03. The van der Waals surface area contributed by atoms with Gasteiger partial charge in [-0.1, -0.05) is 64.5 Å². The molecule has 0 bridgehead atoms. The lowest BCUT2D eigenvalue weighted by Crippen LogP contribution is -1.73. The molecule has 0 nitrogen and oxygen atoms in total. The topological polar surface area (TPSA) is 0 Å². The maximum atomic E-state index is 3.55. The number of hydrogen-bond acceptors (Lipinski definition) is 0. The van der Waals surface area contributed by atoms with Crippen molar-refractivity contribution in [2.24, 2.45) is 0 Å². The summed E-state index contributed by atoms with van der Waals surface area (Å²) < 4.78 is 0. The van der Waals surface area contributed by atoms with Crippen LogP contribution in [0.4, 0.5) is 0 Å².